The number of thioether (sulfide) groups is 1. The molecule has 2 heterocycles. The van der Waals surface area contributed by atoms with Gasteiger partial charge < -0.3 is 14.6 Å². The quantitative estimate of drug-likeness (QED) is 0.653. The fourth-order valence-corrected chi connectivity index (χ4v) is 4.66. The van der Waals surface area contributed by atoms with Crippen molar-refractivity contribution in [3.8, 4) is 0 Å². The van der Waals surface area contributed by atoms with Crippen LogP contribution >= 0.6 is 11.8 Å². The Hall–Kier alpha value is -2.99. The van der Waals surface area contributed by atoms with E-state index in [0.717, 1.165) is 28.1 Å². The van der Waals surface area contributed by atoms with Gasteiger partial charge in [-0.15, -0.1) is 11.8 Å². The molecule has 29 heavy (non-hydrogen) atoms. The monoisotopic (exact) mass is 406 g/mol. The molecule has 1 aliphatic heterocycles. The van der Waals surface area contributed by atoms with Crippen LogP contribution in [0.25, 0.3) is 0 Å². The Bertz CT molecular complexity index is 1010. The number of benzene rings is 2. The summed E-state index contributed by atoms with van der Waals surface area (Å²) in [5.41, 5.74) is 4.50. The molecule has 1 fully saturated rings. The van der Waals surface area contributed by atoms with E-state index in [1.807, 2.05) is 73.3 Å². The maximum Gasteiger partial charge on any atom is 0.255 e. The van der Waals surface area contributed by atoms with Crippen LogP contribution in [0.4, 0.5) is 5.69 Å². The molecule has 0 spiro atoms. The maximum absolute atomic E-state index is 12.7. The molecule has 2 amide bonds. The van der Waals surface area contributed by atoms with Crippen molar-refractivity contribution >= 4 is 29.3 Å². The molecule has 1 saturated heterocycles. The highest BCUT2D eigenvalue weighted by Gasteiger charge is 2.33. The highest BCUT2D eigenvalue weighted by molar-refractivity contribution is 8.00. The van der Waals surface area contributed by atoms with Crippen molar-refractivity contribution in [3.63, 3.8) is 0 Å². The summed E-state index contributed by atoms with van der Waals surface area (Å²) < 4.78 is 5.40. The second-order valence-corrected chi connectivity index (χ2v) is 8.18. The van der Waals surface area contributed by atoms with Crippen molar-refractivity contribution < 1.29 is 14.0 Å². The standard InChI is InChI=1S/C23H22N2O3S/c1-15-5-3-6-16(2)21(15)24-22(27)17-8-10-18(11-9-17)23-25(20(26)14-29-23)13-19-7-4-12-28-19/h3-12,23H,13-14H2,1-2H3,(H,24,27)/t23-/m1/s1. The Kier molecular flexibility index (Phi) is 5.45. The third kappa shape index (κ3) is 4.07. The van der Waals surface area contributed by atoms with Gasteiger partial charge in [-0.05, 0) is 54.8 Å². The lowest BCUT2D eigenvalue weighted by Crippen LogP contribution is -2.27. The molecule has 0 unspecified atom stereocenters. The predicted molar refractivity (Wildman–Crippen MR) is 115 cm³/mol. The van der Waals surface area contributed by atoms with E-state index in [4.69, 9.17) is 4.42 Å². The minimum absolute atomic E-state index is 0.0803. The van der Waals surface area contributed by atoms with Gasteiger partial charge in [0, 0.05) is 11.3 Å². The Morgan fingerprint density at radius 3 is 2.48 bits per heavy atom. The number of rotatable bonds is 5. The Balaban J connectivity index is 1.50. The number of furan rings is 1. The fourth-order valence-electron chi connectivity index (χ4n) is 3.47. The first-order valence-corrected chi connectivity index (χ1v) is 10.5. The Labute approximate surface area is 174 Å². The number of aryl methyl sites for hydroxylation is 2. The molecule has 1 aromatic heterocycles. The average Bonchev–Trinajstić information content (AvgIpc) is 3.36. The topological polar surface area (TPSA) is 62.6 Å². The summed E-state index contributed by atoms with van der Waals surface area (Å²) in [6.07, 6.45) is 1.61. The number of hydrogen-bond donors (Lipinski definition) is 1. The molecule has 0 bridgehead atoms. The highest BCUT2D eigenvalue weighted by Crippen LogP contribution is 2.39. The first-order valence-electron chi connectivity index (χ1n) is 9.44. The SMILES string of the molecule is Cc1cccc(C)c1NC(=O)c1ccc([C@H]2SCC(=O)N2Cc2ccco2)cc1. The second kappa shape index (κ2) is 8.17. The number of carbonyl (C=O) groups excluding carboxylic acids is 2. The Morgan fingerprint density at radius 2 is 1.83 bits per heavy atom. The zero-order valence-corrected chi connectivity index (χ0v) is 17.2. The molecule has 4 rings (SSSR count). The summed E-state index contributed by atoms with van der Waals surface area (Å²) in [4.78, 5) is 26.8. The van der Waals surface area contributed by atoms with Crippen molar-refractivity contribution in [2.45, 2.75) is 25.8 Å². The molecule has 2 aromatic carbocycles. The third-order valence-electron chi connectivity index (χ3n) is 5.05. The first-order chi connectivity index (χ1) is 14.0. The molecule has 148 valence electrons. The largest absolute Gasteiger partial charge is 0.467 e. The molecule has 0 saturated carbocycles. The minimum Gasteiger partial charge on any atom is -0.467 e. The van der Waals surface area contributed by atoms with Crippen LogP contribution < -0.4 is 5.32 Å². The first kappa shape index (κ1) is 19.3. The van der Waals surface area contributed by atoms with Gasteiger partial charge in [-0.3, -0.25) is 9.59 Å². The lowest BCUT2D eigenvalue weighted by Gasteiger charge is -2.23. The molecule has 5 nitrogen and oxygen atoms in total. The number of anilines is 1. The zero-order chi connectivity index (χ0) is 20.4. The smallest absolute Gasteiger partial charge is 0.255 e. The number of nitrogens with one attached hydrogen (secondary N) is 1. The molecule has 0 aliphatic carbocycles. The molecule has 1 N–H and O–H groups in total. The van der Waals surface area contributed by atoms with E-state index in [1.165, 1.54) is 0 Å². The van der Waals surface area contributed by atoms with Crippen molar-refractivity contribution in [1.82, 2.24) is 4.90 Å². The number of hydrogen-bond acceptors (Lipinski definition) is 4. The molecule has 1 atom stereocenters. The minimum atomic E-state index is -0.142. The summed E-state index contributed by atoms with van der Waals surface area (Å²) in [5.74, 6) is 1.15. The van der Waals surface area contributed by atoms with Gasteiger partial charge in [-0.2, -0.15) is 0 Å². The van der Waals surface area contributed by atoms with Crippen molar-refractivity contribution in [2.24, 2.45) is 0 Å². The summed E-state index contributed by atoms with van der Waals surface area (Å²) in [6.45, 7) is 4.40. The number of para-hydroxylation sites is 1. The number of carbonyl (C=O) groups is 2. The summed E-state index contributed by atoms with van der Waals surface area (Å²) in [7, 11) is 0. The number of nitrogens with zero attached hydrogens (tertiary/aromatic N) is 1. The molecule has 3 aromatic rings. The van der Waals surface area contributed by atoms with E-state index in [1.54, 1.807) is 18.0 Å². The van der Waals surface area contributed by atoms with Gasteiger partial charge in [0.1, 0.15) is 11.1 Å². The summed E-state index contributed by atoms with van der Waals surface area (Å²) in [5, 5.41) is 2.93. The van der Waals surface area contributed by atoms with Crippen LogP contribution in [0.15, 0.2) is 65.3 Å². The maximum atomic E-state index is 12.7. The normalized spacial score (nSPS) is 16.3. The highest BCUT2D eigenvalue weighted by atomic mass is 32.2. The average molecular weight is 407 g/mol. The van der Waals surface area contributed by atoms with Gasteiger partial charge in [0.25, 0.3) is 5.91 Å². The van der Waals surface area contributed by atoms with Gasteiger partial charge in [-0.1, -0.05) is 30.3 Å². The molecule has 6 heteroatoms. The van der Waals surface area contributed by atoms with Crippen LogP contribution in [0.3, 0.4) is 0 Å². The van der Waals surface area contributed by atoms with E-state index in [9.17, 15) is 9.59 Å². The van der Waals surface area contributed by atoms with Crippen molar-refractivity contribution in [1.29, 1.82) is 0 Å². The van der Waals surface area contributed by atoms with Crippen LogP contribution in [0, 0.1) is 13.8 Å². The van der Waals surface area contributed by atoms with E-state index >= 15 is 0 Å². The third-order valence-corrected chi connectivity index (χ3v) is 6.31. The Morgan fingerprint density at radius 1 is 1.10 bits per heavy atom. The van der Waals surface area contributed by atoms with Gasteiger partial charge in [0.2, 0.25) is 5.91 Å². The van der Waals surface area contributed by atoms with Crippen LogP contribution in [0.5, 0.6) is 0 Å². The molecule has 1 aliphatic rings. The van der Waals surface area contributed by atoms with Gasteiger partial charge in [0.05, 0.1) is 18.6 Å². The fraction of sp³-hybridized carbons (Fsp3) is 0.217. The summed E-state index contributed by atoms with van der Waals surface area (Å²) >= 11 is 1.59. The zero-order valence-electron chi connectivity index (χ0n) is 16.3. The molecular formula is C23H22N2O3S. The van der Waals surface area contributed by atoms with Crippen LogP contribution in [0.1, 0.15) is 38.2 Å². The van der Waals surface area contributed by atoms with Gasteiger partial charge in [-0.25, -0.2) is 0 Å². The van der Waals surface area contributed by atoms with E-state index in [0.29, 0.717) is 17.9 Å². The lowest BCUT2D eigenvalue weighted by molar-refractivity contribution is -0.128. The van der Waals surface area contributed by atoms with E-state index < -0.39 is 0 Å². The summed E-state index contributed by atoms with van der Waals surface area (Å²) in [6, 6.07) is 17.1. The van der Waals surface area contributed by atoms with E-state index in [2.05, 4.69) is 5.32 Å². The van der Waals surface area contributed by atoms with E-state index in [-0.39, 0.29) is 17.2 Å². The second-order valence-electron chi connectivity index (χ2n) is 7.11. The van der Waals surface area contributed by atoms with Gasteiger partial charge >= 0.3 is 0 Å². The van der Waals surface area contributed by atoms with Crippen molar-refractivity contribution in [3.05, 3.63) is 88.9 Å². The number of amides is 2. The van der Waals surface area contributed by atoms with Crippen LogP contribution in [-0.2, 0) is 11.3 Å². The molecule has 0 radical (unpaired) electrons. The predicted octanol–water partition coefficient (Wildman–Crippen LogP) is 4.92. The van der Waals surface area contributed by atoms with Crippen LogP contribution in [-0.4, -0.2) is 22.5 Å². The van der Waals surface area contributed by atoms with Crippen LogP contribution in [0.2, 0.25) is 0 Å². The molecular weight excluding hydrogens is 384 g/mol. The van der Waals surface area contributed by atoms with Crippen molar-refractivity contribution in [2.75, 3.05) is 11.1 Å². The lowest BCUT2D eigenvalue weighted by atomic mass is 10.1. The van der Waals surface area contributed by atoms with Gasteiger partial charge in [0.15, 0.2) is 0 Å².